The lowest BCUT2D eigenvalue weighted by atomic mass is 10.1. The first-order valence-electron chi connectivity index (χ1n) is 8.31. The summed E-state index contributed by atoms with van der Waals surface area (Å²) in [5, 5.41) is 6.67. The van der Waals surface area contributed by atoms with E-state index in [1.54, 1.807) is 0 Å². The predicted molar refractivity (Wildman–Crippen MR) is 105 cm³/mol. The minimum atomic E-state index is -0.289. The third kappa shape index (κ3) is 4.18. The maximum absolute atomic E-state index is 12.4. The van der Waals surface area contributed by atoms with Gasteiger partial charge in [-0.15, -0.1) is 0 Å². The SMILES string of the molecule is CCc1ccccc1NC(=O)c1cnc(Nc2ccc(C)c(Cl)c2)cn1. The summed E-state index contributed by atoms with van der Waals surface area (Å²) in [6, 6.07) is 13.4. The Labute approximate surface area is 157 Å². The first-order chi connectivity index (χ1) is 12.6. The number of para-hydroxylation sites is 1. The standard InChI is InChI=1S/C20H19ClN4O/c1-3-14-6-4-5-7-17(14)25-20(26)18-11-23-19(12-22-18)24-15-9-8-13(2)16(21)10-15/h4-12H,3H2,1-2H3,(H,23,24)(H,25,26). The lowest BCUT2D eigenvalue weighted by Gasteiger charge is -2.10. The number of anilines is 3. The molecule has 0 radical (unpaired) electrons. The number of carbonyl (C=O) groups is 1. The van der Waals surface area contributed by atoms with Crippen molar-refractivity contribution in [3.63, 3.8) is 0 Å². The minimum Gasteiger partial charge on any atom is -0.339 e. The van der Waals surface area contributed by atoms with Gasteiger partial charge in [-0.05, 0) is 42.7 Å². The van der Waals surface area contributed by atoms with Crippen molar-refractivity contribution in [3.8, 4) is 0 Å². The number of aromatic nitrogens is 2. The Bertz CT molecular complexity index is 925. The van der Waals surface area contributed by atoms with Gasteiger partial charge in [-0.25, -0.2) is 9.97 Å². The van der Waals surface area contributed by atoms with Crippen LogP contribution in [0.5, 0.6) is 0 Å². The number of carbonyl (C=O) groups excluding carboxylic acids is 1. The van der Waals surface area contributed by atoms with Crippen LogP contribution in [0.15, 0.2) is 54.9 Å². The minimum absolute atomic E-state index is 0.253. The van der Waals surface area contributed by atoms with Gasteiger partial charge in [0.2, 0.25) is 0 Å². The van der Waals surface area contributed by atoms with Crippen molar-refractivity contribution in [1.82, 2.24) is 9.97 Å². The summed E-state index contributed by atoms with van der Waals surface area (Å²) in [5.74, 6) is 0.249. The number of hydrogen-bond donors (Lipinski definition) is 2. The van der Waals surface area contributed by atoms with Crippen molar-refractivity contribution in [3.05, 3.63) is 76.7 Å². The molecule has 2 aromatic carbocycles. The molecule has 3 rings (SSSR count). The first kappa shape index (κ1) is 17.9. The Kier molecular flexibility index (Phi) is 5.49. The zero-order valence-corrected chi connectivity index (χ0v) is 15.3. The maximum atomic E-state index is 12.4. The molecular weight excluding hydrogens is 348 g/mol. The van der Waals surface area contributed by atoms with Crippen molar-refractivity contribution in [2.24, 2.45) is 0 Å². The molecule has 0 fully saturated rings. The molecule has 5 nitrogen and oxygen atoms in total. The van der Waals surface area contributed by atoms with Gasteiger partial charge in [-0.1, -0.05) is 42.8 Å². The fourth-order valence-corrected chi connectivity index (χ4v) is 2.65. The highest BCUT2D eigenvalue weighted by Crippen LogP contribution is 2.22. The zero-order valence-electron chi connectivity index (χ0n) is 14.6. The van der Waals surface area contributed by atoms with Crippen LogP contribution in [0.25, 0.3) is 0 Å². The van der Waals surface area contributed by atoms with Gasteiger partial charge in [-0.3, -0.25) is 4.79 Å². The van der Waals surface area contributed by atoms with Crippen LogP contribution < -0.4 is 10.6 Å². The van der Waals surface area contributed by atoms with Crippen LogP contribution in [0.1, 0.15) is 28.5 Å². The van der Waals surface area contributed by atoms with Crippen LogP contribution in [-0.2, 0) is 6.42 Å². The number of nitrogens with one attached hydrogen (secondary N) is 2. The Hall–Kier alpha value is -2.92. The van der Waals surface area contributed by atoms with E-state index in [-0.39, 0.29) is 11.6 Å². The molecule has 0 spiro atoms. The van der Waals surface area contributed by atoms with Crippen molar-refractivity contribution in [1.29, 1.82) is 0 Å². The lowest BCUT2D eigenvalue weighted by Crippen LogP contribution is -2.15. The number of benzene rings is 2. The van der Waals surface area contributed by atoms with Gasteiger partial charge in [0.1, 0.15) is 11.5 Å². The third-order valence-electron chi connectivity index (χ3n) is 3.98. The van der Waals surface area contributed by atoms with E-state index in [9.17, 15) is 4.79 Å². The number of halogens is 1. The van der Waals surface area contributed by atoms with Gasteiger partial charge in [0.25, 0.3) is 5.91 Å². The number of nitrogens with zero attached hydrogens (tertiary/aromatic N) is 2. The van der Waals surface area contributed by atoms with Crippen molar-refractivity contribution >= 4 is 34.7 Å². The Morgan fingerprint density at radius 2 is 1.92 bits per heavy atom. The van der Waals surface area contributed by atoms with Gasteiger partial charge < -0.3 is 10.6 Å². The molecule has 0 aliphatic rings. The van der Waals surface area contributed by atoms with Crippen LogP contribution in [0.3, 0.4) is 0 Å². The third-order valence-corrected chi connectivity index (χ3v) is 4.38. The van der Waals surface area contributed by atoms with E-state index in [4.69, 9.17) is 11.6 Å². The number of rotatable bonds is 5. The lowest BCUT2D eigenvalue weighted by molar-refractivity contribution is 0.102. The predicted octanol–water partition coefficient (Wildman–Crippen LogP) is 5.00. The molecule has 0 saturated carbocycles. The van der Waals surface area contributed by atoms with Gasteiger partial charge in [0, 0.05) is 16.4 Å². The molecule has 6 heteroatoms. The first-order valence-corrected chi connectivity index (χ1v) is 8.69. The molecule has 0 aliphatic carbocycles. The molecule has 0 aliphatic heterocycles. The van der Waals surface area contributed by atoms with Crippen molar-refractivity contribution in [2.45, 2.75) is 20.3 Å². The second-order valence-electron chi connectivity index (χ2n) is 5.84. The summed E-state index contributed by atoms with van der Waals surface area (Å²) >= 11 is 6.12. The monoisotopic (exact) mass is 366 g/mol. The maximum Gasteiger partial charge on any atom is 0.275 e. The average molecular weight is 367 g/mol. The smallest absolute Gasteiger partial charge is 0.275 e. The molecule has 1 amide bonds. The molecule has 2 N–H and O–H groups in total. The van der Waals surface area contributed by atoms with Gasteiger partial charge in [0.15, 0.2) is 0 Å². The number of aryl methyl sites for hydroxylation is 2. The second-order valence-corrected chi connectivity index (χ2v) is 6.25. The molecule has 0 saturated heterocycles. The Morgan fingerprint density at radius 3 is 2.62 bits per heavy atom. The van der Waals surface area contributed by atoms with E-state index in [0.29, 0.717) is 10.8 Å². The van der Waals surface area contributed by atoms with Gasteiger partial charge in [-0.2, -0.15) is 0 Å². The fourth-order valence-electron chi connectivity index (χ4n) is 2.47. The second kappa shape index (κ2) is 7.97. The summed E-state index contributed by atoms with van der Waals surface area (Å²) < 4.78 is 0. The van der Waals surface area contributed by atoms with Crippen LogP contribution in [0.2, 0.25) is 5.02 Å². The van der Waals surface area contributed by atoms with Crippen molar-refractivity contribution < 1.29 is 4.79 Å². The highest BCUT2D eigenvalue weighted by Gasteiger charge is 2.10. The molecule has 26 heavy (non-hydrogen) atoms. The molecule has 0 atom stereocenters. The highest BCUT2D eigenvalue weighted by atomic mass is 35.5. The summed E-state index contributed by atoms with van der Waals surface area (Å²) in [6.45, 7) is 3.98. The molecule has 1 aromatic heterocycles. The molecule has 132 valence electrons. The highest BCUT2D eigenvalue weighted by molar-refractivity contribution is 6.31. The van der Waals surface area contributed by atoms with Crippen molar-refractivity contribution in [2.75, 3.05) is 10.6 Å². The molecule has 3 aromatic rings. The molecular formula is C20H19ClN4O. The van der Waals surface area contributed by atoms with Crippen LogP contribution in [-0.4, -0.2) is 15.9 Å². The van der Waals surface area contributed by atoms with E-state index in [2.05, 4.69) is 20.6 Å². The largest absolute Gasteiger partial charge is 0.339 e. The number of amides is 1. The van der Waals surface area contributed by atoms with Crippen LogP contribution >= 0.6 is 11.6 Å². The van der Waals surface area contributed by atoms with Crippen LogP contribution in [0.4, 0.5) is 17.2 Å². The molecule has 0 unspecified atom stereocenters. The van der Waals surface area contributed by atoms with E-state index in [1.807, 2.05) is 56.3 Å². The zero-order chi connectivity index (χ0) is 18.5. The summed E-state index contributed by atoms with van der Waals surface area (Å²) in [6.07, 6.45) is 3.81. The van der Waals surface area contributed by atoms with Crippen LogP contribution in [0, 0.1) is 6.92 Å². The van der Waals surface area contributed by atoms with E-state index < -0.39 is 0 Å². The van der Waals surface area contributed by atoms with E-state index >= 15 is 0 Å². The van der Waals surface area contributed by atoms with E-state index in [0.717, 1.165) is 28.9 Å². The molecule has 0 bridgehead atoms. The average Bonchev–Trinajstić information content (AvgIpc) is 2.66. The van der Waals surface area contributed by atoms with E-state index in [1.165, 1.54) is 12.4 Å². The quantitative estimate of drug-likeness (QED) is 0.667. The normalized spacial score (nSPS) is 10.4. The number of hydrogen-bond acceptors (Lipinski definition) is 4. The van der Waals surface area contributed by atoms with Gasteiger partial charge in [0.05, 0.1) is 12.4 Å². The fraction of sp³-hybridized carbons (Fsp3) is 0.150. The summed E-state index contributed by atoms with van der Waals surface area (Å²) in [4.78, 5) is 20.8. The Morgan fingerprint density at radius 1 is 1.12 bits per heavy atom. The summed E-state index contributed by atoms with van der Waals surface area (Å²) in [7, 11) is 0. The molecule has 1 heterocycles. The van der Waals surface area contributed by atoms with Gasteiger partial charge >= 0.3 is 0 Å². The Balaban J connectivity index is 1.70. The topological polar surface area (TPSA) is 66.9 Å². The summed E-state index contributed by atoms with van der Waals surface area (Å²) in [5.41, 5.74) is 3.93.